The SMILES string of the molecule is CCCN(CCC)C(=O)C1=CC2=CC=C(c3cccc(CC(=O)OCC)c3)CC2N=C(N=NN)C1. The van der Waals surface area contributed by atoms with E-state index in [2.05, 4.69) is 30.3 Å². The average molecular weight is 478 g/mol. The molecule has 3 rings (SSSR count). The van der Waals surface area contributed by atoms with Crippen molar-refractivity contribution in [3.63, 3.8) is 0 Å². The normalized spacial score (nSPS) is 17.5. The van der Waals surface area contributed by atoms with Crippen molar-refractivity contribution in [1.29, 1.82) is 0 Å². The second kappa shape index (κ2) is 12.8. The molecular weight excluding hydrogens is 442 g/mol. The zero-order valence-electron chi connectivity index (χ0n) is 20.9. The van der Waals surface area contributed by atoms with Crippen LogP contribution >= 0.6 is 0 Å². The van der Waals surface area contributed by atoms with Crippen LogP contribution in [0.15, 0.2) is 69.0 Å². The molecule has 1 unspecified atom stereocenters. The third-order valence-corrected chi connectivity index (χ3v) is 5.94. The van der Waals surface area contributed by atoms with E-state index in [0.29, 0.717) is 43.9 Å². The van der Waals surface area contributed by atoms with Crippen molar-refractivity contribution in [3.05, 3.63) is 64.8 Å². The number of amidine groups is 1. The van der Waals surface area contributed by atoms with Crippen molar-refractivity contribution in [3.8, 4) is 0 Å². The predicted molar refractivity (Wildman–Crippen MR) is 138 cm³/mol. The zero-order chi connectivity index (χ0) is 25.2. The minimum absolute atomic E-state index is 0.0108. The van der Waals surface area contributed by atoms with Gasteiger partial charge < -0.3 is 15.5 Å². The largest absolute Gasteiger partial charge is 0.466 e. The minimum atomic E-state index is -0.239. The average Bonchev–Trinajstić information content (AvgIpc) is 3.02. The first-order chi connectivity index (χ1) is 17.0. The summed E-state index contributed by atoms with van der Waals surface area (Å²) in [5, 5.41) is 7.47. The van der Waals surface area contributed by atoms with Gasteiger partial charge in [0.15, 0.2) is 5.84 Å². The van der Waals surface area contributed by atoms with Gasteiger partial charge in [0.2, 0.25) is 5.91 Å². The Hall–Kier alpha value is -3.55. The van der Waals surface area contributed by atoms with Crippen molar-refractivity contribution in [2.24, 2.45) is 21.2 Å². The molecule has 2 N–H and O–H groups in total. The van der Waals surface area contributed by atoms with Crippen molar-refractivity contribution in [2.75, 3.05) is 19.7 Å². The molecule has 2 aliphatic rings. The van der Waals surface area contributed by atoms with E-state index in [1.807, 2.05) is 41.3 Å². The van der Waals surface area contributed by atoms with E-state index in [9.17, 15) is 9.59 Å². The highest BCUT2D eigenvalue weighted by Gasteiger charge is 2.27. The molecule has 1 aromatic rings. The number of nitrogens with two attached hydrogens (primary N) is 1. The number of fused-ring (bicyclic) bond motifs is 1. The number of aliphatic imine (C=N–C) groups is 1. The Morgan fingerprint density at radius 1 is 1.17 bits per heavy atom. The Bertz CT molecular complexity index is 1080. The van der Waals surface area contributed by atoms with E-state index >= 15 is 0 Å². The smallest absolute Gasteiger partial charge is 0.310 e. The second-order valence-electron chi connectivity index (χ2n) is 8.66. The number of hydrogen-bond acceptors (Lipinski definition) is 6. The Labute approximate surface area is 207 Å². The van der Waals surface area contributed by atoms with E-state index in [4.69, 9.17) is 15.6 Å². The Morgan fingerprint density at radius 3 is 2.63 bits per heavy atom. The number of carbonyl (C=O) groups is 2. The number of nitrogens with zero attached hydrogens (tertiary/aromatic N) is 4. The van der Waals surface area contributed by atoms with Gasteiger partial charge in [-0.1, -0.05) is 55.5 Å². The molecule has 0 saturated heterocycles. The molecule has 35 heavy (non-hydrogen) atoms. The van der Waals surface area contributed by atoms with Crippen molar-refractivity contribution >= 4 is 23.3 Å². The predicted octanol–water partition coefficient (Wildman–Crippen LogP) is 4.58. The number of carbonyl (C=O) groups excluding carboxylic acids is 2. The summed E-state index contributed by atoms with van der Waals surface area (Å²) >= 11 is 0. The zero-order valence-corrected chi connectivity index (χ0v) is 20.9. The van der Waals surface area contributed by atoms with Crippen molar-refractivity contribution < 1.29 is 14.3 Å². The van der Waals surface area contributed by atoms with Gasteiger partial charge in [0, 0.05) is 25.1 Å². The van der Waals surface area contributed by atoms with Crippen LogP contribution in [0.1, 0.15) is 57.6 Å². The van der Waals surface area contributed by atoms with Gasteiger partial charge >= 0.3 is 5.97 Å². The maximum atomic E-state index is 13.3. The van der Waals surface area contributed by atoms with Gasteiger partial charge in [-0.2, -0.15) is 0 Å². The third-order valence-electron chi connectivity index (χ3n) is 5.94. The highest BCUT2D eigenvalue weighted by molar-refractivity contribution is 6.01. The van der Waals surface area contributed by atoms with Gasteiger partial charge in [-0.25, -0.2) is 0 Å². The summed E-state index contributed by atoms with van der Waals surface area (Å²) in [6.07, 6.45) is 9.01. The number of allylic oxidation sites excluding steroid dienone is 2. The fourth-order valence-electron chi connectivity index (χ4n) is 4.41. The molecule has 1 aromatic carbocycles. The summed E-state index contributed by atoms with van der Waals surface area (Å²) in [5.74, 6) is 5.57. The molecule has 8 heteroatoms. The first kappa shape index (κ1) is 26.1. The number of benzene rings is 1. The summed E-state index contributed by atoms with van der Waals surface area (Å²) < 4.78 is 5.08. The molecule has 1 amide bonds. The third kappa shape index (κ3) is 6.97. The first-order valence-electron chi connectivity index (χ1n) is 12.3. The molecule has 0 saturated carbocycles. The number of rotatable bonds is 9. The lowest BCUT2D eigenvalue weighted by Gasteiger charge is -2.23. The highest BCUT2D eigenvalue weighted by Crippen LogP contribution is 2.33. The van der Waals surface area contributed by atoms with Gasteiger partial charge in [-0.05, 0) is 54.5 Å². The summed E-state index contributed by atoms with van der Waals surface area (Å²) in [6.45, 7) is 7.73. The number of hydrogen-bond donors (Lipinski definition) is 1. The molecule has 0 radical (unpaired) electrons. The molecule has 1 atom stereocenters. The summed E-state index contributed by atoms with van der Waals surface area (Å²) in [4.78, 5) is 31.9. The summed E-state index contributed by atoms with van der Waals surface area (Å²) in [7, 11) is 0. The van der Waals surface area contributed by atoms with E-state index in [1.54, 1.807) is 6.92 Å². The molecule has 1 aliphatic carbocycles. The van der Waals surface area contributed by atoms with Gasteiger partial charge in [0.05, 0.1) is 19.1 Å². The number of esters is 1. The van der Waals surface area contributed by atoms with E-state index in [1.165, 1.54) is 0 Å². The Kier molecular flexibility index (Phi) is 9.52. The van der Waals surface area contributed by atoms with E-state index in [0.717, 1.165) is 35.1 Å². The molecule has 0 spiro atoms. The van der Waals surface area contributed by atoms with Crippen LogP contribution in [-0.2, 0) is 20.7 Å². The minimum Gasteiger partial charge on any atom is -0.466 e. The van der Waals surface area contributed by atoms with Crippen LogP contribution in [-0.4, -0.2) is 48.4 Å². The topological polar surface area (TPSA) is 110 Å². The van der Waals surface area contributed by atoms with Crippen LogP contribution in [0.3, 0.4) is 0 Å². The molecule has 0 fully saturated rings. The lowest BCUT2D eigenvalue weighted by atomic mass is 9.88. The molecular formula is C27H35N5O3. The van der Waals surface area contributed by atoms with Gasteiger partial charge in [0.1, 0.15) is 0 Å². The number of amides is 1. The van der Waals surface area contributed by atoms with Crippen LogP contribution in [0.2, 0.25) is 0 Å². The molecule has 8 nitrogen and oxygen atoms in total. The van der Waals surface area contributed by atoms with Gasteiger partial charge in [-0.3, -0.25) is 14.6 Å². The van der Waals surface area contributed by atoms with Gasteiger partial charge in [-0.15, -0.1) is 5.11 Å². The lowest BCUT2D eigenvalue weighted by Crippen LogP contribution is -2.34. The van der Waals surface area contributed by atoms with Crippen LogP contribution in [0, 0.1) is 0 Å². The van der Waals surface area contributed by atoms with Crippen LogP contribution < -0.4 is 5.84 Å². The molecule has 0 bridgehead atoms. The summed E-state index contributed by atoms with van der Waals surface area (Å²) in [5.41, 5.74) is 4.65. The van der Waals surface area contributed by atoms with Crippen LogP contribution in [0.25, 0.3) is 5.57 Å². The molecule has 1 aliphatic heterocycles. The lowest BCUT2D eigenvalue weighted by molar-refractivity contribution is -0.142. The second-order valence-corrected chi connectivity index (χ2v) is 8.66. The Morgan fingerprint density at radius 2 is 1.94 bits per heavy atom. The van der Waals surface area contributed by atoms with Crippen LogP contribution in [0.5, 0.6) is 0 Å². The highest BCUT2D eigenvalue weighted by atomic mass is 16.5. The number of ether oxygens (including phenoxy) is 1. The fourth-order valence-corrected chi connectivity index (χ4v) is 4.41. The standard InChI is InChI=1S/C27H35N5O3/c1-4-12-32(13-5-2)27(34)23-16-22-11-10-21(17-24(22)29-25(18-23)30-31-28)20-9-7-8-19(14-20)15-26(33)35-6-3/h7-11,14,16,24H,4-6,12-13,15,17-18H2,1-3H3,(H2,28,29,30). The van der Waals surface area contributed by atoms with E-state index in [-0.39, 0.29) is 24.3 Å². The monoisotopic (exact) mass is 477 g/mol. The quantitative estimate of drug-likeness (QED) is 0.243. The van der Waals surface area contributed by atoms with Gasteiger partial charge in [0.25, 0.3) is 0 Å². The summed E-state index contributed by atoms with van der Waals surface area (Å²) in [6, 6.07) is 7.72. The van der Waals surface area contributed by atoms with Crippen molar-refractivity contribution in [1.82, 2.24) is 4.90 Å². The van der Waals surface area contributed by atoms with E-state index < -0.39 is 0 Å². The van der Waals surface area contributed by atoms with Crippen LogP contribution in [0.4, 0.5) is 0 Å². The fraction of sp³-hybridized carbons (Fsp3) is 0.444. The maximum absolute atomic E-state index is 13.3. The Balaban J connectivity index is 1.92. The maximum Gasteiger partial charge on any atom is 0.310 e. The van der Waals surface area contributed by atoms with Crippen molar-refractivity contribution in [2.45, 2.75) is 58.9 Å². The molecule has 0 aromatic heterocycles. The first-order valence-corrected chi connectivity index (χ1v) is 12.3. The molecule has 186 valence electrons. The molecule has 1 heterocycles.